The average molecular weight is 652 g/mol. The smallest absolute Gasteiger partial charge is 0.451 e. The Morgan fingerprint density at radius 1 is 1.11 bits per heavy atom. The Labute approximate surface area is 266 Å². The minimum Gasteiger partial charge on any atom is -0.451 e. The van der Waals surface area contributed by atoms with Crippen molar-refractivity contribution in [2.24, 2.45) is 0 Å². The molecule has 3 aromatic heterocycles. The van der Waals surface area contributed by atoms with Gasteiger partial charge < -0.3 is 35.3 Å². The van der Waals surface area contributed by atoms with E-state index in [1.54, 1.807) is 19.4 Å². The summed E-state index contributed by atoms with van der Waals surface area (Å²) in [6.45, 7) is 2.38. The van der Waals surface area contributed by atoms with Crippen LogP contribution in [0.3, 0.4) is 0 Å². The first-order valence-electron chi connectivity index (χ1n) is 15.0. The zero-order chi connectivity index (χ0) is 33.1. The number of anilines is 2. The lowest BCUT2D eigenvalue weighted by Crippen LogP contribution is -2.45. The fourth-order valence-corrected chi connectivity index (χ4v) is 5.77. The summed E-state index contributed by atoms with van der Waals surface area (Å²) in [6.07, 6.45) is -3.33. The molecule has 0 bridgehead atoms. The summed E-state index contributed by atoms with van der Waals surface area (Å²) in [5, 5.41) is 22.2. The van der Waals surface area contributed by atoms with E-state index in [4.69, 9.17) is 4.74 Å². The van der Waals surface area contributed by atoms with Crippen LogP contribution in [-0.2, 0) is 27.3 Å². The molecule has 0 radical (unpaired) electrons. The number of aromatic amines is 1. The van der Waals surface area contributed by atoms with Crippen molar-refractivity contribution in [2.75, 3.05) is 17.2 Å². The van der Waals surface area contributed by atoms with Crippen LogP contribution in [0.4, 0.5) is 24.9 Å². The molecule has 13 nitrogen and oxygen atoms in total. The van der Waals surface area contributed by atoms with Crippen molar-refractivity contribution in [1.82, 2.24) is 34.8 Å². The van der Waals surface area contributed by atoms with Gasteiger partial charge in [0.25, 0.3) is 0 Å². The number of ether oxygens (including phenoxy) is 1. The molecule has 1 fully saturated rings. The van der Waals surface area contributed by atoms with E-state index in [0.717, 1.165) is 22.0 Å². The van der Waals surface area contributed by atoms with Gasteiger partial charge in [0.05, 0.1) is 30.4 Å². The molecule has 16 heteroatoms. The van der Waals surface area contributed by atoms with Crippen LogP contribution in [0.2, 0.25) is 0 Å². The van der Waals surface area contributed by atoms with Gasteiger partial charge in [-0.05, 0) is 22.8 Å². The van der Waals surface area contributed by atoms with Gasteiger partial charge in [-0.1, -0.05) is 49.4 Å². The van der Waals surface area contributed by atoms with Gasteiger partial charge in [-0.15, -0.1) is 0 Å². The normalized spacial score (nSPS) is 19.6. The average Bonchev–Trinajstić information content (AvgIpc) is 3.80. The van der Waals surface area contributed by atoms with E-state index in [9.17, 15) is 27.9 Å². The topological polar surface area (TPSA) is 172 Å². The number of nitrogens with one attached hydrogen (secondary N) is 4. The monoisotopic (exact) mass is 651 g/mol. The molecule has 2 aromatic carbocycles. The Hall–Kier alpha value is -5.25. The quantitative estimate of drug-likeness (QED) is 0.133. The molecule has 47 heavy (non-hydrogen) atoms. The Morgan fingerprint density at radius 3 is 2.68 bits per heavy atom. The van der Waals surface area contributed by atoms with Crippen molar-refractivity contribution >= 4 is 45.6 Å². The van der Waals surface area contributed by atoms with Gasteiger partial charge >= 0.3 is 12.1 Å². The molecular weight excluding hydrogens is 619 g/mol. The second kappa shape index (κ2) is 13.2. The number of aliphatic hydroxyl groups is 1. The maximum atomic E-state index is 13.3. The van der Waals surface area contributed by atoms with Gasteiger partial charge in [0, 0.05) is 32.1 Å². The minimum atomic E-state index is -5.29. The van der Waals surface area contributed by atoms with Gasteiger partial charge in [-0.25, -0.2) is 14.8 Å². The number of hydrogen-bond donors (Lipinski definition) is 5. The van der Waals surface area contributed by atoms with Crippen LogP contribution < -0.4 is 16.0 Å². The predicted molar refractivity (Wildman–Crippen MR) is 165 cm³/mol. The van der Waals surface area contributed by atoms with Crippen molar-refractivity contribution in [2.45, 2.75) is 63.2 Å². The molecular formula is C31H32F3N9O4. The highest BCUT2D eigenvalue weighted by atomic mass is 19.4. The zero-order valence-electron chi connectivity index (χ0n) is 25.2. The molecule has 0 saturated heterocycles. The molecule has 0 unspecified atom stereocenters. The summed E-state index contributed by atoms with van der Waals surface area (Å²) in [5.74, 6) is -2.32. The van der Waals surface area contributed by atoms with Crippen LogP contribution in [0.25, 0.3) is 21.9 Å². The first kappa shape index (κ1) is 31.7. The van der Waals surface area contributed by atoms with Crippen LogP contribution in [0.1, 0.15) is 37.1 Å². The van der Waals surface area contributed by atoms with E-state index in [1.807, 2.05) is 42.5 Å². The Morgan fingerprint density at radius 2 is 1.91 bits per heavy atom. The minimum absolute atomic E-state index is 0.0567. The number of carbonyl (C=O) groups is 2. The highest BCUT2D eigenvalue weighted by molar-refractivity contribution is 5.87. The molecule has 1 aliphatic rings. The third-order valence-corrected chi connectivity index (χ3v) is 8.09. The Bertz CT molecular complexity index is 1870. The van der Waals surface area contributed by atoms with E-state index in [0.29, 0.717) is 30.8 Å². The number of benzene rings is 2. The maximum absolute atomic E-state index is 13.3. The van der Waals surface area contributed by atoms with Crippen LogP contribution in [0.15, 0.2) is 61.3 Å². The number of aromatic nitrogens is 6. The second-order valence-electron chi connectivity index (χ2n) is 11.1. The maximum Gasteiger partial charge on any atom is 0.490 e. The summed E-state index contributed by atoms with van der Waals surface area (Å²) >= 11 is 0. The number of imidazole rings is 2. The van der Waals surface area contributed by atoms with Crippen LogP contribution in [0.5, 0.6) is 0 Å². The highest BCUT2D eigenvalue weighted by Crippen LogP contribution is 2.37. The lowest BCUT2D eigenvalue weighted by molar-refractivity contribution is -0.209. The molecule has 0 spiro atoms. The third kappa shape index (κ3) is 6.82. The molecule has 0 aliphatic heterocycles. The van der Waals surface area contributed by atoms with Crippen LogP contribution >= 0.6 is 0 Å². The number of nitrogens with zero attached hydrogens (tertiary/aromatic N) is 5. The largest absolute Gasteiger partial charge is 0.490 e. The number of aliphatic hydroxyl groups excluding tert-OH is 1. The summed E-state index contributed by atoms with van der Waals surface area (Å²) in [6, 6.07) is 11.8. The number of hydrogen-bond acceptors (Lipinski definition) is 10. The number of H-pyrrole nitrogens is 1. The van der Waals surface area contributed by atoms with Crippen molar-refractivity contribution in [3.63, 3.8) is 0 Å². The third-order valence-electron chi connectivity index (χ3n) is 8.09. The molecule has 4 atom stereocenters. The zero-order valence-corrected chi connectivity index (χ0v) is 25.2. The number of fused-ring (bicyclic) bond motifs is 2. The Balaban J connectivity index is 1.36. The van der Waals surface area contributed by atoms with E-state index >= 15 is 0 Å². The van der Waals surface area contributed by atoms with E-state index in [-0.39, 0.29) is 24.4 Å². The molecule has 5 aromatic rings. The summed E-state index contributed by atoms with van der Waals surface area (Å²) in [5.41, 5.74) is 2.33. The molecule has 1 amide bonds. The van der Waals surface area contributed by atoms with Crippen molar-refractivity contribution < 1.29 is 32.6 Å². The van der Waals surface area contributed by atoms with Gasteiger partial charge in [-0.2, -0.15) is 23.1 Å². The van der Waals surface area contributed by atoms with Gasteiger partial charge in [-0.3, -0.25) is 4.79 Å². The molecule has 246 valence electrons. The summed E-state index contributed by atoms with van der Waals surface area (Å²) in [4.78, 5) is 45.0. The number of amides is 1. The van der Waals surface area contributed by atoms with Crippen LogP contribution in [0, 0.1) is 0 Å². The van der Waals surface area contributed by atoms with Crippen molar-refractivity contribution in [3.8, 4) is 0 Å². The number of rotatable bonds is 11. The van der Waals surface area contributed by atoms with Gasteiger partial charge in [0.15, 0.2) is 23.1 Å². The predicted octanol–water partition coefficient (Wildman–Crippen LogP) is 3.64. The number of esters is 1. The number of halogens is 3. The SMILES string of the molecule is CCC(=O)N[C@H]1C[C@@H](n2cnc3c(NCc4cccc5ccccc45)nc(NCCc4c[nH]cn4)nc32)[C@H](OC(=O)C(F)(F)F)[C@@H]1O. The summed E-state index contributed by atoms with van der Waals surface area (Å²) in [7, 11) is 0. The van der Waals surface area contributed by atoms with Crippen LogP contribution in [-0.4, -0.2) is 77.4 Å². The van der Waals surface area contributed by atoms with Crippen molar-refractivity contribution in [1.29, 1.82) is 0 Å². The highest BCUT2D eigenvalue weighted by Gasteiger charge is 2.51. The summed E-state index contributed by atoms with van der Waals surface area (Å²) < 4.78 is 46.1. The fourth-order valence-electron chi connectivity index (χ4n) is 5.77. The standard InChI is InChI=1S/C31H32F3N9O4/c1-2-23(44)40-21-12-22(26(25(21)45)47-29(46)31(32,33)34)43-16-39-24-27(37-13-18-8-5-7-17-6-3-4-9-20(17)18)41-30(42-28(24)43)36-11-10-19-14-35-15-38-19/h3-9,14-16,21-22,25-26,45H,2,10-13H2,1H3,(H,35,38)(H,40,44)(H2,36,37,41,42)/t21-,22+,25+,26-/m0/s1. The lowest BCUT2D eigenvalue weighted by Gasteiger charge is -2.24. The number of carbonyl (C=O) groups excluding carboxylic acids is 2. The molecule has 5 N–H and O–H groups in total. The van der Waals surface area contributed by atoms with Crippen molar-refractivity contribution in [3.05, 3.63) is 72.6 Å². The first-order chi connectivity index (χ1) is 22.6. The van der Waals surface area contributed by atoms with E-state index in [1.165, 1.54) is 10.9 Å². The molecule has 1 aliphatic carbocycles. The molecule has 1 saturated carbocycles. The van der Waals surface area contributed by atoms with E-state index in [2.05, 4.69) is 40.9 Å². The second-order valence-corrected chi connectivity index (χ2v) is 11.1. The Kier molecular flexibility index (Phi) is 8.93. The first-order valence-corrected chi connectivity index (χ1v) is 15.0. The molecule has 3 heterocycles. The van der Waals surface area contributed by atoms with E-state index < -0.39 is 42.3 Å². The lowest BCUT2D eigenvalue weighted by atomic mass is 10.0. The van der Waals surface area contributed by atoms with Gasteiger partial charge in [0.2, 0.25) is 11.9 Å². The van der Waals surface area contributed by atoms with Gasteiger partial charge in [0.1, 0.15) is 6.10 Å². The fraction of sp³-hybridized carbons (Fsp3) is 0.355. The number of alkyl halides is 3. The molecule has 6 rings (SSSR count).